The first-order chi connectivity index (χ1) is 14.3. The van der Waals surface area contributed by atoms with Crippen LogP contribution in [0.2, 0.25) is 5.02 Å². The van der Waals surface area contributed by atoms with E-state index in [1.165, 1.54) is 11.8 Å². The Labute approximate surface area is 184 Å². The molecule has 0 aliphatic rings. The van der Waals surface area contributed by atoms with Crippen molar-refractivity contribution in [3.63, 3.8) is 0 Å². The lowest BCUT2D eigenvalue weighted by atomic mass is 10.1. The zero-order valence-corrected chi connectivity index (χ0v) is 18.5. The zero-order chi connectivity index (χ0) is 21.7. The molecular weight excluding hydrogens is 444 g/mol. The van der Waals surface area contributed by atoms with E-state index in [0.29, 0.717) is 33.8 Å². The maximum atomic E-state index is 12.5. The number of anilines is 1. The number of aromatic nitrogens is 3. The number of thioether (sulfide) groups is 1. The molecule has 3 rings (SSSR count). The minimum atomic E-state index is -3.36. The Kier molecular flexibility index (Phi) is 6.96. The fraction of sp³-hybridized carbons (Fsp3) is 0.150. The van der Waals surface area contributed by atoms with E-state index < -0.39 is 10.0 Å². The van der Waals surface area contributed by atoms with E-state index in [4.69, 9.17) is 11.6 Å². The molecule has 3 aromatic rings. The molecule has 0 aliphatic heterocycles. The summed E-state index contributed by atoms with van der Waals surface area (Å²) in [4.78, 5) is 12.5. The fourth-order valence-electron chi connectivity index (χ4n) is 2.65. The van der Waals surface area contributed by atoms with Crippen molar-refractivity contribution in [2.45, 2.75) is 11.7 Å². The molecule has 0 spiro atoms. The summed E-state index contributed by atoms with van der Waals surface area (Å²) >= 11 is 7.23. The van der Waals surface area contributed by atoms with Gasteiger partial charge in [-0.05, 0) is 48.5 Å². The van der Waals surface area contributed by atoms with Crippen molar-refractivity contribution in [2.24, 2.45) is 0 Å². The molecule has 0 saturated carbocycles. The van der Waals surface area contributed by atoms with Gasteiger partial charge in [0.15, 0.2) is 16.8 Å². The SMILES string of the molecule is C=CCn1c(SCC(=O)c2ccc(NS(C)(=O)=O)cc2)nnc1-c1ccc(Cl)cc1. The number of sulfonamides is 1. The van der Waals surface area contributed by atoms with Crippen molar-refractivity contribution in [3.8, 4) is 11.4 Å². The minimum absolute atomic E-state index is 0.105. The molecule has 10 heteroatoms. The minimum Gasteiger partial charge on any atom is -0.298 e. The summed E-state index contributed by atoms with van der Waals surface area (Å²) < 4.78 is 26.8. The van der Waals surface area contributed by atoms with E-state index in [0.717, 1.165) is 11.8 Å². The van der Waals surface area contributed by atoms with Gasteiger partial charge in [-0.1, -0.05) is 29.4 Å². The highest BCUT2D eigenvalue weighted by Gasteiger charge is 2.16. The van der Waals surface area contributed by atoms with Crippen LogP contribution in [0.25, 0.3) is 11.4 Å². The van der Waals surface area contributed by atoms with Gasteiger partial charge in [-0.3, -0.25) is 14.1 Å². The van der Waals surface area contributed by atoms with Gasteiger partial charge in [-0.2, -0.15) is 0 Å². The Bertz CT molecular complexity index is 1160. The second-order valence-electron chi connectivity index (χ2n) is 6.38. The topological polar surface area (TPSA) is 94.0 Å². The van der Waals surface area contributed by atoms with Crippen molar-refractivity contribution >= 4 is 44.9 Å². The van der Waals surface area contributed by atoms with E-state index in [-0.39, 0.29) is 11.5 Å². The summed E-state index contributed by atoms with van der Waals surface area (Å²) in [6.45, 7) is 4.27. The number of benzene rings is 2. The molecule has 1 heterocycles. The predicted octanol–water partition coefficient (Wildman–Crippen LogP) is 4.13. The van der Waals surface area contributed by atoms with E-state index in [1.54, 1.807) is 42.5 Å². The molecule has 30 heavy (non-hydrogen) atoms. The molecule has 0 fully saturated rings. The van der Waals surface area contributed by atoms with Crippen LogP contribution in [0.1, 0.15) is 10.4 Å². The van der Waals surface area contributed by atoms with E-state index in [1.807, 2.05) is 16.7 Å². The second-order valence-corrected chi connectivity index (χ2v) is 9.50. The lowest BCUT2D eigenvalue weighted by Gasteiger charge is -2.08. The van der Waals surface area contributed by atoms with Crippen LogP contribution < -0.4 is 4.72 Å². The Morgan fingerprint density at radius 3 is 2.43 bits per heavy atom. The van der Waals surface area contributed by atoms with Crippen LogP contribution in [0.4, 0.5) is 5.69 Å². The highest BCUT2D eigenvalue weighted by molar-refractivity contribution is 7.99. The smallest absolute Gasteiger partial charge is 0.229 e. The molecule has 156 valence electrons. The Morgan fingerprint density at radius 1 is 1.17 bits per heavy atom. The van der Waals surface area contributed by atoms with Gasteiger partial charge in [0.05, 0.1) is 12.0 Å². The van der Waals surface area contributed by atoms with Crippen LogP contribution in [0.5, 0.6) is 0 Å². The third-order valence-corrected chi connectivity index (χ3v) is 5.80. The highest BCUT2D eigenvalue weighted by Crippen LogP contribution is 2.26. The molecule has 0 atom stereocenters. The van der Waals surface area contributed by atoms with Crippen molar-refractivity contribution < 1.29 is 13.2 Å². The lowest BCUT2D eigenvalue weighted by Crippen LogP contribution is -2.10. The number of hydrogen-bond donors (Lipinski definition) is 1. The summed E-state index contributed by atoms with van der Waals surface area (Å²) in [7, 11) is -3.36. The highest BCUT2D eigenvalue weighted by atomic mass is 35.5. The van der Waals surface area contributed by atoms with E-state index in [9.17, 15) is 13.2 Å². The zero-order valence-electron chi connectivity index (χ0n) is 16.1. The van der Waals surface area contributed by atoms with E-state index in [2.05, 4.69) is 21.5 Å². The molecule has 0 radical (unpaired) electrons. The monoisotopic (exact) mass is 462 g/mol. The van der Waals surface area contributed by atoms with Crippen molar-refractivity contribution in [2.75, 3.05) is 16.7 Å². The standard InChI is InChI=1S/C20H19ClN4O3S2/c1-3-12-25-19(15-4-8-16(21)9-5-15)22-23-20(25)29-13-18(26)14-6-10-17(11-7-14)24-30(2,27)28/h3-11,24H,1,12-13H2,2H3. The van der Waals surface area contributed by atoms with Crippen LogP contribution in [-0.2, 0) is 16.6 Å². The number of nitrogens with zero attached hydrogens (tertiary/aromatic N) is 3. The van der Waals surface area contributed by atoms with Gasteiger partial charge >= 0.3 is 0 Å². The average Bonchev–Trinajstić information content (AvgIpc) is 3.09. The van der Waals surface area contributed by atoms with Gasteiger partial charge in [-0.25, -0.2) is 8.42 Å². The number of carbonyl (C=O) groups is 1. The summed E-state index contributed by atoms with van der Waals surface area (Å²) in [6, 6.07) is 13.6. The molecule has 7 nitrogen and oxygen atoms in total. The number of halogens is 1. The number of hydrogen-bond acceptors (Lipinski definition) is 6. The maximum Gasteiger partial charge on any atom is 0.229 e. The third-order valence-electron chi connectivity index (χ3n) is 3.97. The quantitative estimate of drug-likeness (QED) is 0.292. The first-order valence-electron chi connectivity index (χ1n) is 8.81. The van der Waals surface area contributed by atoms with Crippen molar-refractivity contribution in [3.05, 3.63) is 71.8 Å². The predicted molar refractivity (Wildman–Crippen MR) is 121 cm³/mol. The second kappa shape index (κ2) is 9.46. The summed E-state index contributed by atoms with van der Waals surface area (Å²) in [5.74, 6) is 0.721. The maximum absolute atomic E-state index is 12.5. The normalized spacial score (nSPS) is 11.3. The largest absolute Gasteiger partial charge is 0.298 e. The van der Waals surface area contributed by atoms with Gasteiger partial charge in [0.2, 0.25) is 10.0 Å². The molecule has 1 N–H and O–H groups in total. The van der Waals surface area contributed by atoms with Gasteiger partial charge in [0.25, 0.3) is 0 Å². The number of allylic oxidation sites excluding steroid dienone is 1. The average molecular weight is 463 g/mol. The number of Topliss-reactive ketones (excluding diaryl/α,β-unsaturated/α-hetero) is 1. The molecule has 2 aromatic carbocycles. The molecule has 0 saturated heterocycles. The van der Waals surface area contributed by atoms with Crippen LogP contribution >= 0.6 is 23.4 Å². The molecular formula is C20H19ClN4O3S2. The Hall–Kier alpha value is -2.62. The number of carbonyl (C=O) groups excluding carboxylic acids is 1. The van der Waals surface area contributed by atoms with Crippen molar-refractivity contribution in [1.29, 1.82) is 0 Å². The Balaban J connectivity index is 1.73. The summed E-state index contributed by atoms with van der Waals surface area (Å²) in [6.07, 6.45) is 2.81. The van der Waals surface area contributed by atoms with Gasteiger partial charge in [0, 0.05) is 28.4 Å². The third kappa shape index (κ3) is 5.71. The van der Waals surface area contributed by atoms with Crippen LogP contribution in [0.3, 0.4) is 0 Å². The summed E-state index contributed by atoms with van der Waals surface area (Å²) in [5, 5.41) is 9.71. The molecule has 0 unspecified atom stereocenters. The summed E-state index contributed by atoms with van der Waals surface area (Å²) in [5.41, 5.74) is 1.75. The first kappa shape index (κ1) is 22.1. The van der Waals surface area contributed by atoms with Crippen molar-refractivity contribution in [1.82, 2.24) is 14.8 Å². The number of nitrogens with one attached hydrogen (secondary N) is 1. The van der Waals surface area contributed by atoms with Crippen LogP contribution in [0.15, 0.2) is 66.3 Å². The Morgan fingerprint density at radius 2 is 1.83 bits per heavy atom. The van der Waals surface area contributed by atoms with Crippen LogP contribution in [0, 0.1) is 0 Å². The number of rotatable bonds is 9. The first-order valence-corrected chi connectivity index (χ1v) is 12.1. The molecule has 0 bridgehead atoms. The van der Waals surface area contributed by atoms with Gasteiger partial charge in [-0.15, -0.1) is 16.8 Å². The van der Waals surface area contributed by atoms with Gasteiger partial charge in [0.1, 0.15) is 0 Å². The fourth-order valence-corrected chi connectivity index (χ4v) is 4.19. The molecule has 0 amide bonds. The molecule has 0 aliphatic carbocycles. The van der Waals surface area contributed by atoms with Gasteiger partial charge < -0.3 is 0 Å². The van der Waals surface area contributed by atoms with Crippen LogP contribution in [-0.4, -0.2) is 41.0 Å². The molecule has 1 aromatic heterocycles. The lowest BCUT2D eigenvalue weighted by molar-refractivity contribution is 0.102. The van der Waals surface area contributed by atoms with E-state index >= 15 is 0 Å². The number of ketones is 1.